The Morgan fingerprint density at radius 3 is 2.89 bits per heavy atom. The summed E-state index contributed by atoms with van der Waals surface area (Å²) in [7, 11) is 0. The van der Waals surface area contributed by atoms with Crippen molar-refractivity contribution in [3.05, 3.63) is 0 Å². The Balaban J connectivity index is 1.85. The molecule has 2 heterocycles. The Morgan fingerprint density at radius 2 is 2.16 bits per heavy atom. The second-order valence-corrected chi connectivity index (χ2v) is 5.88. The van der Waals surface area contributed by atoms with Gasteiger partial charge in [0.15, 0.2) is 0 Å². The number of nitrogens with zero attached hydrogens (tertiary/aromatic N) is 2. The molecule has 19 heavy (non-hydrogen) atoms. The average molecular weight is 269 g/mol. The predicted octanol–water partition coefficient (Wildman–Crippen LogP) is -0.0989. The molecule has 2 aliphatic rings. The molecule has 0 aromatic carbocycles. The summed E-state index contributed by atoms with van der Waals surface area (Å²) in [5.41, 5.74) is 0. The van der Waals surface area contributed by atoms with Gasteiger partial charge in [-0.2, -0.15) is 0 Å². The topological polar surface area (TPSA) is 55.8 Å². The van der Waals surface area contributed by atoms with Crippen LogP contribution in [0.4, 0.5) is 0 Å². The smallest absolute Gasteiger partial charge is 0.239 e. The number of rotatable bonds is 3. The van der Waals surface area contributed by atoms with Crippen LogP contribution in [-0.4, -0.2) is 72.7 Å². The van der Waals surface area contributed by atoms with Gasteiger partial charge in [-0.3, -0.25) is 9.69 Å². The van der Waals surface area contributed by atoms with E-state index in [4.69, 9.17) is 5.11 Å². The van der Waals surface area contributed by atoms with Crippen LogP contribution in [0.3, 0.4) is 0 Å². The Morgan fingerprint density at radius 1 is 1.32 bits per heavy atom. The van der Waals surface area contributed by atoms with Crippen LogP contribution in [0.5, 0.6) is 0 Å². The summed E-state index contributed by atoms with van der Waals surface area (Å²) in [4.78, 5) is 16.8. The molecule has 0 bridgehead atoms. The molecule has 0 aromatic heterocycles. The average Bonchev–Trinajstić information content (AvgIpc) is 2.64. The van der Waals surface area contributed by atoms with Crippen molar-refractivity contribution in [2.45, 2.75) is 32.2 Å². The zero-order valence-corrected chi connectivity index (χ0v) is 12.0. The first-order valence-electron chi connectivity index (χ1n) is 7.56. The van der Waals surface area contributed by atoms with E-state index in [1.165, 1.54) is 6.42 Å². The van der Waals surface area contributed by atoms with Gasteiger partial charge in [-0.25, -0.2) is 0 Å². The molecule has 2 aliphatic heterocycles. The van der Waals surface area contributed by atoms with Gasteiger partial charge in [0, 0.05) is 26.2 Å². The lowest BCUT2D eigenvalue weighted by molar-refractivity contribution is -0.134. The number of nitrogens with one attached hydrogen (secondary N) is 1. The molecule has 2 N–H and O–H groups in total. The quantitative estimate of drug-likeness (QED) is 0.751. The van der Waals surface area contributed by atoms with Gasteiger partial charge in [-0.15, -0.1) is 0 Å². The van der Waals surface area contributed by atoms with E-state index >= 15 is 0 Å². The first kappa shape index (κ1) is 14.8. The maximum atomic E-state index is 12.5. The van der Waals surface area contributed by atoms with Crippen LogP contribution < -0.4 is 5.32 Å². The van der Waals surface area contributed by atoms with Crippen molar-refractivity contribution >= 4 is 5.91 Å². The molecule has 0 aromatic rings. The van der Waals surface area contributed by atoms with Gasteiger partial charge in [-0.1, -0.05) is 6.92 Å². The molecule has 2 fully saturated rings. The third-order valence-corrected chi connectivity index (χ3v) is 4.28. The monoisotopic (exact) mass is 269 g/mol. The van der Waals surface area contributed by atoms with Gasteiger partial charge in [0.05, 0.1) is 12.6 Å². The van der Waals surface area contributed by atoms with E-state index in [0.29, 0.717) is 5.92 Å². The molecule has 2 atom stereocenters. The lowest BCUT2D eigenvalue weighted by Crippen LogP contribution is -2.50. The van der Waals surface area contributed by atoms with Crippen molar-refractivity contribution < 1.29 is 9.90 Å². The molecule has 0 spiro atoms. The van der Waals surface area contributed by atoms with Crippen LogP contribution in [0.1, 0.15) is 26.2 Å². The number of hydrogen-bond donors (Lipinski definition) is 2. The van der Waals surface area contributed by atoms with E-state index in [2.05, 4.69) is 17.1 Å². The van der Waals surface area contributed by atoms with E-state index < -0.39 is 0 Å². The summed E-state index contributed by atoms with van der Waals surface area (Å²) >= 11 is 0. The van der Waals surface area contributed by atoms with Crippen LogP contribution in [0.2, 0.25) is 0 Å². The van der Waals surface area contributed by atoms with E-state index in [1.807, 2.05) is 4.90 Å². The Labute approximate surface area is 115 Å². The van der Waals surface area contributed by atoms with Gasteiger partial charge in [0.2, 0.25) is 5.91 Å². The second-order valence-electron chi connectivity index (χ2n) is 5.88. The lowest BCUT2D eigenvalue weighted by atomic mass is 9.93. The number of amides is 1. The van der Waals surface area contributed by atoms with E-state index in [9.17, 15) is 4.79 Å². The van der Waals surface area contributed by atoms with E-state index in [-0.39, 0.29) is 18.6 Å². The summed E-state index contributed by atoms with van der Waals surface area (Å²) in [6.07, 6.45) is 3.15. The summed E-state index contributed by atoms with van der Waals surface area (Å²) in [6.45, 7) is 7.64. The summed E-state index contributed by atoms with van der Waals surface area (Å²) in [5, 5.41) is 12.3. The molecule has 2 saturated heterocycles. The largest absolute Gasteiger partial charge is 0.395 e. The fraction of sp³-hybridized carbons (Fsp3) is 0.929. The maximum absolute atomic E-state index is 12.5. The van der Waals surface area contributed by atoms with E-state index in [0.717, 1.165) is 52.1 Å². The Hall–Kier alpha value is -0.650. The zero-order valence-electron chi connectivity index (χ0n) is 12.0. The number of aliphatic hydroxyl groups is 1. The van der Waals surface area contributed by atoms with Crippen LogP contribution in [0.25, 0.3) is 0 Å². The minimum Gasteiger partial charge on any atom is -0.395 e. The Bertz CT molecular complexity index is 298. The van der Waals surface area contributed by atoms with Gasteiger partial charge in [0.1, 0.15) is 0 Å². The molecule has 5 heteroatoms. The number of carbonyl (C=O) groups is 1. The lowest BCUT2D eigenvalue weighted by Gasteiger charge is -2.31. The molecule has 0 radical (unpaired) electrons. The summed E-state index contributed by atoms with van der Waals surface area (Å²) in [5.74, 6) is 0.922. The highest BCUT2D eigenvalue weighted by Gasteiger charge is 2.29. The van der Waals surface area contributed by atoms with Gasteiger partial charge in [-0.05, 0) is 38.3 Å². The molecular formula is C14H27N3O2. The zero-order chi connectivity index (χ0) is 13.7. The van der Waals surface area contributed by atoms with Crippen LogP contribution >= 0.6 is 0 Å². The van der Waals surface area contributed by atoms with Crippen LogP contribution in [0, 0.1) is 5.92 Å². The van der Waals surface area contributed by atoms with Crippen molar-refractivity contribution in [1.82, 2.24) is 15.1 Å². The maximum Gasteiger partial charge on any atom is 0.239 e. The molecule has 2 rings (SSSR count). The molecule has 0 saturated carbocycles. The number of carbonyl (C=O) groups excluding carboxylic acids is 1. The molecule has 5 nitrogen and oxygen atoms in total. The van der Waals surface area contributed by atoms with Crippen molar-refractivity contribution in [2.24, 2.45) is 5.92 Å². The van der Waals surface area contributed by atoms with Gasteiger partial charge in [0.25, 0.3) is 0 Å². The Kier molecular flexibility index (Phi) is 5.60. The highest BCUT2D eigenvalue weighted by Crippen LogP contribution is 2.17. The minimum absolute atomic E-state index is 0.0214. The minimum atomic E-state index is 0.0214. The fourth-order valence-corrected chi connectivity index (χ4v) is 3.07. The number of piperidine rings is 1. The molecule has 0 aliphatic carbocycles. The van der Waals surface area contributed by atoms with E-state index in [1.54, 1.807) is 0 Å². The summed E-state index contributed by atoms with van der Waals surface area (Å²) < 4.78 is 0. The fourth-order valence-electron chi connectivity index (χ4n) is 3.07. The van der Waals surface area contributed by atoms with Crippen molar-refractivity contribution in [2.75, 3.05) is 45.9 Å². The number of β-amino-alcohol motifs (C(OH)–C–C–N with tert-alkyl or cyclic N) is 1. The number of hydrogen-bond acceptors (Lipinski definition) is 4. The van der Waals surface area contributed by atoms with Crippen molar-refractivity contribution in [3.8, 4) is 0 Å². The van der Waals surface area contributed by atoms with Gasteiger partial charge >= 0.3 is 0 Å². The highest BCUT2D eigenvalue weighted by molar-refractivity contribution is 5.82. The molecule has 110 valence electrons. The summed E-state index contributed by atoms with van der Waals surface area (Å²) in [6, 6.07) is 0.0214. The third kappa shape index (κ3) is 4.16. The first-order chi connectivity index (χ1) is 9.20. The number of aliphatic hydroxyl groups excluding tert-OH is 1. The normalized spacial score (nSPS) is 30.1. The molecule has 1 amide bonds. The standard InChI is InChI=1S/C14H27N3O2/c1-12-3-4-15-13(11-12)14(19)17-6-2-5-16(7-8-17)9-10-18/h12-13,15,18H,2-11H2,1H3. The van der Waals surface area contributed by atoms with Crippen LogP contribution in [-0.2, 0) is 4.79 Å². The first-order valence-corrected chi connectivity index (χ1v) is 7.56. The third-order valence-electron chi connectivity index (χ3n) is 4.28. The van der Waals surface area contributed by atoms with Crippen molar-refractivity contribution in [3.63, 3.8) is 0 Å². The SMILES string of the molecule is CC1CCNC(C(=O)N2CCCN(CCO)CC2)C1. The second kappa shape index (κ2) is 7.22. The van der Waals surface area contributed by atoms with Gasteiger partial charge < -0.3 is 15.3 Å². The highest BCUT2D eigenvalue weighted by atomic mass is 16.3. The van der Waals surface area contributed by atoms with Crippen LogP contribution in [0.15, 0.2) is 0 Å². The molecule has 2 unspecified atom stereocenters. The van der Waals surface area contributed by atoms with Crippen molar-refractivity contribution in [1.29, 1.82) is 0 Å². The predicted molar refractivity (Wildman–Crippen MR) is 74.9 cm³/mol. The molecular weight excluding hydrogens is 242 g/mol.